The third-order valence-electron chi connectivity index (χ3n) is 3.00. The highest BCUT2D eigenvalue weighted by molar-refractivity contribution is 5.85. The van der Waals surface area contributed by atoms with Gasteiger partial charge in [0.05, 0.1) is 5.54 Å². The fraction of sp³-hybridized carbons (Fsp3) is 0.364. The number of rotatable bonds is 2. The minimum absolute atomic E-state index is 0. The summed E-state index contributed by atoms with van der Waals surface area (Å²) >= 11 is 0. The van der Waals surface area contributed by atoms with E-state index in [4.69, 9.17) is 10.3 Å². The molecule has 0 atom stereocenters. The van der Waals surface area contributed by atoms with Gasteiger partial charge in [-0.2, -0.15) is 4.98 Å². The lowest BCUT2D eigenvalue weighted by Gasteiger charge is -2.34. The Kier molecular flexibility index (Phi) is 3.13. The summed E-state index contributed by atoms with van der Waals surface area (Å²) in [6, 6.07) is 5.56. The fourth-order valence-corrected chi connectivity index (χ4v) is 1.80. The van der Waals surface area contributed by atoms with E-state index in [2.05, 4.69) is 15.1 Å². The lowest BCUT2D eigenvalue weighted by molar-refractivity contribution is 0.229. The van der Waals surface area contributed by atoms with Gasteiger partial charge in [-0.05, 0) is 31.4 Å². The number of pyridine rings is 1. The van der Waals surface area contributed by atoms with Crippen LogP contribution in [0.15, 0.2) is 28.9 Å². The zero-order chi connectivity index (χ0) is 11.0. The van der Waals surface area contributed by atoms with E-state index < -0.39 is 0 Å². The number of nitrogens with zero attached hydrogens (tertiary/aromatic N) is 3. The van der Waals surface area contributed by atoms with Crippen LogP contribution in [0.25, 0.3) is 11.6 Å². The summed E-state index contributed by atoms with van der Waals surface area (Å²) in [5.41, 5.74) is 6.42. The maximum atomic E-state index is 6.11. The molecule has 90 valence electrons. The second kappa shape index (κ2) is 4.43. The van der Waals surface area contributed by atoms with Crippen molar-refractivity contribution in [2.24, 2.45) is 5.73 Å². The van der Waals surface area contributed by atoms with Crippen LogP contribution in [0.2, 0.25) is 0 Å². The number of hydrogen-bond acceptors (Lipinski definition) is 5. The van der Waals surface area contributed by atoms with Gasteiger partial charge in [0, 0.05) is 6.20 Å². The molecule has 2 aromatic heterocycles. The monoisotopic (exact) mass is 252 g/mol. The van der Waals surface area contributed by atoms with Crippen molar-refractivity contribution in [3.63, 3.8) is 0 Å². The molecule has 0 radical (unpaired) electrons. The first kappa shape index (κ1) is 12.0. The quantitative estimate of drug-likeness (QED) is 0.883. The Hall–Kier alpha value is -1.46. The SMILES string of the molecule is Cl.NC1(c2noc(-c3ccccn3)n2)CCC1. The summed E-state index contributed by atoms with van der Waals surface area (Å²) in [5.74, 6) is 1.03. The van der Waals surface area contributed by atoms with Gasteiger partial charge in [-0.15, -0.1) is 12.4 Å². The first-order chi connectivity index (χ1) is 7.78. The van der Waals surface area contributed by atoms with Gasteiger partial charge in [0.15, 0.2) is 5.82 Å². The van der Waals surface area contributed by atoms with Crippen LogP contribution in [0.3, 0.4) is 0 Å². The zero-order valence-corrected chi connectivity index (χ0v) is 9.98. The molecule has 17 heavy (non-hydrogen) atoms. The van der Waals surface area contributed by atoms with Gasteiger partial charge in [0.25, 0.3) is 5.89 Å². The highest BCUT2D eigenvalue weighted by Crippen LogP contribution is 2.37. The van der Waals surface area contributed by atoms with E-state index in [1.165, 1.54) is 0 Å². The molecule has 0 unspecified atom stereocenters. The topological polar surface area (TPSA) is 77.8 Å². The average Bonchev–Trinajstić information content (AvgIpc) is 2.77. The van der Waals surface area contributed by atoms with Crippen LogP contribution in [0.5, 0.6) is 0 Å². The number of nitrogens with two attached hydrogens (primary N) is 1. The summed E-state index contributed by atoms with van der Waals surface area (Å²) in [6.45, 7) is 0. The van der Waals surface area contributed by atoms with E-state index in [1.54, 1.807) is 6.20 Å². The van der Waals surface area contributed by atoms with Crippen LogP contribution in [0, 0.1) is 0 Å². The van der Waals surface area contributed by atoms with Crippen molar-refractivity contribution in [1.29, 1.82) is 0 Å². The normalized spacial score (nSPS) is 17.0. The van der Waals surface area contributed by atoms with Crippen LogP contribution in [0.1, 0.15) is 25.1 Å². The largest absolute Gasteiger partial charge is 0.332 e. The number of aromatic nitrogens is 3. The fourth-order valence-electron chi connectivity index (χ4n) is 1.80. The van der Waals surface area contributed by atoms with Gasteiger partial charge in [-0.1, -0.05) is 11.2 Å². The summed E-state index contributed by atoms with van der Waals surface area (Å²) in [6.07, 6.45) is 4.67. The molecule has 3 rings (SSSR count). The molecule has 0 saturated heterocycles. The second-order valence-electron chi connectivity index (χ2n) is 4.15. The van der Waals surface area contributed by atoms with Gasteiger partial charge < -0.3 is 10.3 Å². The highest BCUT2D eigenvalue weighted by atomic mass is 35.5. The molecule has 0 amide bonds. The van der Waals surface area contributed by atoms with Crippen molar-refractivity contribution in [3.8, 4) is 11.6 Å². The van der Waals surface area contributed by atoms with Gasteiger partial charge in [-0.3, -0.25) is 4.98 Å². The molecule has 0 spiro atoms. The molecule has 2 heterocycles. The molecule has 1 aliphatic rings. The van der Waals surface area contributed by atoms with Gasteiger partial charge in [0.1, 0.15) is 5.69 Å². The van der Waals surface area contributed by atoms with Crippen LogP contribution in [-0.4, -0.2) is 15.1 Å². The van der Waals surface area contributed by atoms with Gasteiger partial charge in [0.2, 0.25) is 0 Å². The minimum atomic E-state index is -0.378. The zero-order valence-electron chi connectivity index (χ0n) is 9.17. The molecule has 5 nitrogen and oxygen atoms in total. The first-order valence-electron chi connectivity index (χ1n) is 5.32. The first-order valence-corrected chi connectivity index (χ1v) is 5.32. The molecular formula is C11H13ClN4O. The van der Waals surface area contributed by atoms with E-state index in [-0.39, 0.29) is 17.9 Å². The van der Waals surface area contributed by atoms with Crippen LogP contribution >= 0.6 is 12.4 Å². The lowest BCUT2D eigenvalue weighted by Crippen LogP contribution is -2.44. The second-order valence-corrected chi connectivity index (χ2v) is 4.15. The molecular weight excluding hydrogens is 240 g/mol. The summed E-state index contributed by atoms with van der Waals surface area (Å²) in [7, 11) is 0. The van der Waals surface area contributed by atoms with E-state index in [1.807, 2.05) is 18.2 Å². The molecule has 2 N–H and O–H groups in total. The molecule has 0 aliphatic heterocycles. The summed E-state index contributed by atoms with van der Waals surface area (Å²) in [4.78, 5) is 8.46. The van der Waals surface area contributed by atoms with Crippen LogP contribution in [0.4, 0.5) is 0 Å². The molecule has 1 aliphatic carbocycles. The third kappa shape index (κ3) is 2.03. The Balaban J connectivity index is 0.00000108. The van der Waals surface area contributed by atoms with Crippen molar-refractivity contribution in [3.05, 3.63) is 30.2 Å². The Morgan fingerprint density at radius 2 is 2.12 bits per heavy atom. The van der Waals surface area contributed by atoms with Crippen molar-refractivity contribution >= 4 is 12.4 Å². The average molecular weight is 253 g/mol. The molecule has 6 heteroatoms. The van der Waals surface area contributed by atoms with Crippen molar-refractivity contribution in [1.82, 2.24) is 15.1 Å². The molecule has 0 bridgehead atoms. The lowest BCUT2D eigenvalue weighted by atomic mass is 9.77. The maximum absolute atomic E-state index is 6.11. The summed E-state index contributed by atoms with van der Waals surface area (Å²) in [5, 5.41) is 3.94. The number of hydrogen-bond donors (Lipinski definition) is 1. The standard InChI is InChI=1S/C11H12N4O.ClH/c12-11(5-3-6-11)10-14-9(16-15-10)8-4-1-2-7-13-8;/h1-2,4,7H,3,5-6,12H2;1H. The predicted octanol–water partition coefficient (Wildman–Crippen LogP) is 1.89. The Morgan fingerprint density at radius 3 is 2.71 bits per heavy atom. The van der Waals surface area contributed by atoms with Crippen molar-refractivity contribution < 1.29 is 4.52 Å². The third-order valence-corrected chi connectivity index (χ3v) is 3.00. The Labute approximate surface area is 105 Å². The number of halogens is 1. The van der Waals surface area contributed by atoms with E-state index in [0.29, 0.717) is 17.4 Å². The maximum Gasteiger partial charge on any atom is 0.276 e. The van der Waals surface area contributed by atoms with Gasteiger partial charge in [-0.25, -0.2) is 0 Å². The highest BCUT2D eigenvalue weighted by Gasteiger charge is 2.39. The van der Waals surface area contributed by atoms with E-state index in [0.717, 1.165) is 19.3 Å². The molecule has 1 fully saturated rings. The Bertz CT molecular complexity index is 495. The van der Waals surface area contributed by atoms with E-state index >= 15 is 0 Å². The van der Waals surface area contributed by atoms with E-state index in [9.17, 15) is 0 Å². The van der Waals surface area contributed by atoms with Crippen molar-refractivity contribution in [2.45, 2.75) is 24.8 Å². The smallest absolute Gasteiger partial charge is 0.276 e. The molecule has 2 aromatic rings. The van der Waals surface area contributed by atoms with Crippen LogP contribution < -0.4 is 5.73 Å². The van der Waals surface area contributed by atoms with Crippen molar-refractivity contribution in [2.75, 3.05) is 0 Å². The predicted molar refractivity (Wildman–Crippen MR) is 64.5 cm³/mol. The molecule has 1 saturated carbocycles. The Morgan fingerprint density at radius 1 is 1.29 bits per heavy atom. The minimum Gasteiger partial charge on any atom is -0.332 e. The van der Waals surface area contributed by atoms with Gasteiger partial charge >= 0.3 is 0 Å². The molecule has 0 aromatic carbocycles. The van der Waals surface area contributed by atoms with Crippen LogP contribution in [-0.2, 0) is 5.54 Å². The summed E-state index contributed by atoms with van der Waals surface area (Å²) < 4.78 is 5.17.